The lowest BCUT2D eigenvalue weighted by atomic mass is 10.0. The number of rotatable bonds is 3. The van der Waals surface area contributed by atoms with Crippen molar-refractivity contribution in [2.75, 3.05) is 5.32 Å². The SMILES string of the molecule is C=C(C(=O)Nc1cccc(C)n1)c1ccc(S)c(C(F)(F)F)c1. The molecule has 0 unspecified atom stereocenters. The summed E-state index contributed by atoms with van der Waals surface area (Å²) in [5.41, 5.74) is -0.236. The molecule has 0 atom stereocenters. The monoisotopic (exact) mass is 338 g/mol. The Morgan fingerprint density at radius 2 is 1.96 bits per heavy atom. The van der Waals surface area contributed by atoms with Gasteiger partial charge < -0.3 is 5.32 Å². The molecule has 1 heterocycles. The number of hydrogen-bond acceptors (Lipinski definition) is 3. The highest BCUT2D eigenvalue weighted by atomic mass is 32.1. The molecule has 0 saturated heterocycles. The van der Waals surface area contributed by atoms with Crippen molar-refractivity contribution in [3.05, 3.63) is 59.8 Å². The number of nitrogens with zero attached hydrogens (tertiary/aromatic N) is 1. The lowest BCUT2D eigenvalue weighted by Gasteiger charge is -2.13. The third kappa shape index (κ3) is 4.13. The van der Waals surface area contributed by atoms with Crippen molar-refractivity contribution in [3.8, 4) is 0 Å². The Labute approximate surface area is 136 Å². The number of aromatic nitrogens is 1. The second-order valence-electron chi connectivity index (χ2n) is 4.83. The van der Waals surface area contributed by atoms with Gasteiger partial charge in [-0.05, 0) is 36.8 Å². The first-order valence-corrected chi connectivity index (χ1v) is 6.97. The fraction of sp³-hybridized carbons (Fsp3) is 0.125. The van der Waals surface area contributed by atoms with Crippen molar-refractivity contribution in [1.29, 1.82) is 0 Å². The van der Waals surface area contributed by atoms with Crippen molar-refractivity contribution >= 4 is 29.9 Å². The number of amides is 1. The maximum atomic E-state index is 12.9. The van der Waals surface area contributed by atoms with Gasteiger partial charge in [0, 0.05) is 16.2 Å². The minimum atomic E-state index is -4.55. The molecule has 1 N–H and O–H groups in total. The molecule has 0 aliphatic rings. The second-order valence-corrected chi connectivity index (χ2v) is 5.31. The highest BCUT2D eigenvalue weighted by Crippen LogP contribution is 2.35. The van der Waals surface area contributed by atoms with E-state index < -0.39 is 17.6 Å². The Morgan fingerprint density at radius 3 is 2.57 bits per heavy atom. The third-order valence-electron chi connectivity index (χ3n) is 3.05. The van der Waals surface area contributed by atoms with Crippen LogP contribution in [0, 0.1) is 6.92 Å². The van der Waals surface area contributed by atoms with E-state index in [1.807, 2.05) is 0 Å². The zero-order valence-electron chi connectivity index (χ0n) is 12.1. The lowest BCUT2D eigenvalue weighted by molar-refractivity contribution is -0.139. The smallest absolute Gasteiger partial charge is 0.307 e. The van der Waals surface area contributed by atoms with E-state index in [1.54, 1.807) is 25.1 Å². The first-order valence-electron chi connectivity index (χ1n) is 6.53. The average Bonchev–Trinajstić information content (AvgIpc) is 2.45. The molecule has 7 heteroatoms. The van der Waals surface area contributed by atoms with E-state index in [-0.39, 0.29) is 16.0 Å². The number of hydrogen-bond donors (Lipinski definition) is 2. The maximum absolute atomic E-state index is 12.9. The molecule has 23 heavy (non-hydrogen) atoms. The summed E-state index contributed by atoms with van der Waals surface area (Å²) < 4.78 is 38.7. The molecule has 0 bridgehead atoms. The van der Waals surface area contributed by atoms with Crippen molar-refractivity contribution in [2.45, 2.75) is 18.0 Å². The topological polar surface area (TPSA) is 42.0 Å². The van der Waals surface area contributed by atoms with Crippen LogP contribution in [0.4, 0.5) is 19.0 Å². The van der Waals surface area contributed by atoms with Crippen LogP contribution in [-0.2, 0) is 11.0 Å². The fourth-order valence-electron chi connectivity index (χ4n) is 1.89. The van der Waals surface area contributed by atoms with Gasteiger partial charge in [0.15, 0.2) is 0 Å². The summed E-state index contributed by atoms with van der Waals surface area (Å²) in [5, 5.41) is 2.50. The minimum Gasteiger partial charge on any atom is -0.307 e. The van der Waals surface area contributed by atoms with Crippen LogP contribution in [0.25, 0.3) is 5.57 Å². The Kier molecular flexibility index (Phi) is 4.79. The van der Waals surface area contributed by atoms with Crippen LogP contribution >= 0.6 is 12.6 Å². The van der Waals surface area contributed by atoms with Crippen molar-refractivity contribution < 1.29 is 18.0 Å². The fourth-order valence-corrected chi connectivity index (χ4v) is 2.15. The average molecular weight is 338 g/mol. The Bertz CT molecular complexity index is 772. The van der Waals surface area contributed by atoms with E-state index in [1.165, 1.54) is 12.1 Å². The third-order valence-corrected chi connectivity index (χ3v) is 3.44. The molecule has 1 amide bonds. The largest absolute Gasteiger partial charge is 0.417 e. The van der Waals surface area contributed by atoms with Gasteiger partial charge in [0.2, 0.25) is 0 Å². The van der Waals surface area contributed by atoms with Gasteiger partial charge in [-0.1, -0.05) is 18.7 Å². The molecule has 0 spiro atoms. The number of alkyl halides is 3. The first-order chi connectivity index (χ1) is 10.7. The molecule has 0 aliphatic carbocycles. The number of aryl methyl sites for hydroxylation is 1. The van der Waals surface area contributed by atoms with E-state index in [2.05, 4.69) is 29.5 Å². The summed E-state index contributed by atoms with van der Waals surface area (Å²) in [6, 6.07) is 8.45. The number of carbonyl (C=O) groups is 1. The van der Waals surface area contributed by atoms with Crippen LogP contribution in [0.1, 0.15) is 16.8 Å². The second kappa shape index (κ2) is 6.45. The molecule has 2 aromatic rings. The van der Waals surface area contributed by atoms with E-state index >= 15 is 0 Å². The van der Waals surface area contributed by atoms with E-state index in [4.69, 9.17) is 0 Å². The van der Waals surface area contributed by atoms with Gasteiger partial charge in [-0.15, -0.1) is 12.6 Å². The normalized spacial score (nSPS) is 11.2. The van der Waals surface area contributed by atoms with Gasteiger partial charge in [0.25, 0.3) is 5.91 Å². The molecule has 0 fully saturated rings. The number of pyridine rings is 1. The van der Waals surface area contributed by atoms with Gasteiger partial charge in [-0.2, -0.15) is 13.2 Å². The highest BCUT2D eigenvalue weighted by molar-refractivity contribution is 7.80. The van der Waals surface area contributed by atoms with E-state index in [0.717, 1.165) is 6.07 Å². The van der Waals surface area contributed by atoms with Gasteiger partial charge in [0.05, 0.1) is 5.56 Å². The van der Waals surface area contributed by atoms with Gasteiger partial charge in [-0.3, -0.25) is 4.79 Å². The number of thiol groups is 1. The molecule has 1 aromatic carbocycles. The number of halogens is 3. The zero-order valence-corrected chi connectivity index (χ0v) is 13.0. The quantitative estimate of drug-likeness (QED) is 0.645. The van der Waals surface area contributed by atoms with Crippen LogP contribution in [0.2, 0.25) is 0 Å². The molecule has 3 nitrogen and oxygen atoms in total. The van der Waals surface area contributed by atoms with Gasteiger partial charge >= 0.3 is 6.18 Å². The van der Waals surface area contributed by atoms with Crippen molar-refractivity contribution in [2.24, 2.45) is 0 Å². The van der Waals surface area contributed by atoms with Crippen molar-refractivity contribution in [3.63, 3.8) is 0 Å². The number of benzene rings is 1. The van der Waals surface area contributed by atoms with Gasteiger partial charge in [0.1, 0.15) is 5.82 Å². The predicted molar refractivity (Wildman–Crippen MR) is 85.3 cm³/mol. The van der Waals surface area contributed by atoms with Gasteiger partial charge in [-0.25, -0.2) is 4.98 Å². The van der Waals surface area contributed by atoms with E-state index in [9.17, 15) is 18.0 Å². The number of anilines is 1. The lowest BCUT2D eigenvalue weighted by Crippen LogP contribution is -2.15. The molecular formula is C16H13F3N2OS. The summed E-state index contributed by atoms with van der Waals surface area (Å²) >= 11 is 3.79. The molecule has 0 aliphatic heterocycles. The summed E-state index contributed by atoms with van der Waals surface area (Å²) in [7, 11) is 0. The number of nitrogens with one attached hydrogen (secondary N) is 1. The Hall–Kier alpha value is -2.28. The summed E-state index contributed by atoms with van der Waals surface area (Å²) in [6.45, 7) is 5.32. The maximum Gasteiger partial charge on any atom is 0.417 e. The van der Waals surface area contributed by atoms with Crippen LogP contribution in [-0.4, -0.2) is 10.9 Å². The molecular weight excluding hydrogens is 325 g/mol. The van der Waals surface area contributed by atoms with Crippen molar-refractivity contribution in [1.82, 2.24) is 4.98 Å². The molecule has 120 valence electrons. The van der Waals surface area contributed by atoms with Crippen LogP contribution in [0.15, 0.2) is 47.9 Å². The summed E-state index contributed by atoms with van der Waals surface area (Å²) in [4.78, 5) is 16.0. The van der Waals surface area contributed by atoms with Crippen LogP contribution in [0.5, 0.6) is 0 Å². The summed E-state index contributed by atoms with van der Waals surface area (Å²) in [6.07, 6.45) is -4.55. The number of carbonyl (C=O) groups excluding carboxylic acids is 1. The molecule has 0 saturated carbocycles. The Morgan fingerprint density at radius 1 is 1.26 bits per heavy atom. The van der Waals surface area contributed by atoms with Crippen LogP contribution < -0.4 is 5.32 Å². The molecule has 2 rings (SSSR count). The standard InChI is InChI=1S/C16H13F3N2OS/c1-9-4-3-5-14(20-9)21-15(22)10(2)11-6-7-13(23)12(8-11)16(17,18)19/h3-8,23H,2H2,1H3,(H,20,21,22). The van der Waals surface area contributed by atoms with E-state index in [0.29, 0.717) is 11.5 Å². The molecule has 1 aromatic heterocycles. The minimum absolute atomic E-state index is 0.0697. The predicted octanol–water partition coefficient (Wildman–Crippen LogP) is 4.35. The Balaban J connectivity index is 2.25. The van der Waals surface area contributed by atoms with Crippen LogP contribution in [0.3, 0.4) is 0 Å². The zero-order chi connectivity index (χ0) is 17.2. The highest BCUT2D eigenvalue weighted by Gasteiger charge is 2.33. The molecule has 0 radical (unpaired) electrons. The first kappa shape index (κ1) is 17.1. The summed E-state index contributed by atoms with van der Waals surface area (Å²) in [5.74, 6) is -0.318.